The molecule has 3 nitrogen and oxygen atoms in total. The molecule has 0 spiro atoms. The molecular weight excluding hydrogens is 272 g/mol. The van der Waals surface area contributed by atoms with Gasteiger partial charge >= 0.3 is 0 Å². The summed E-state index contributed by atoms with van der Waals surface area (Å²) < 4.78 is 5.23. The average molecular weight is 298 g/mol. The van der Waals surface area contributed by atoms with E-state index in [0.717, 1.165) is 31.7 Å². The van der Waals surface area contributed by atoms with Crippen LogP contribution in [0.4, 0.5) is 0 Å². The lowest BCUT2D eigenvalue weighted by molar-refractivity contribution is 0.414. The second kappa shape index (κ2) is 8.57. The lowest BCUT2D eigenvalue weighted by atomic mass is 10.0. The Morgan fingerprint density at radius 1 is 1.09 bits per heavy atom. The van der Waals surface area contributed by atoms with E-state index in [2.05, 4.69) is 48.6 Å². The Bertz CT molecular complexity index is 583. The van der Waals surface area contributed by atoms with E-state index in [1.165, 1.54) is 16.7 Å². The standard InChI is InChI=1S/C19H26N2O/c1-15-5-3-6-16(11-15)12-18(20)9-10-21-14-17-7-4-8-19(13-17)22-2/h3-8,11,13,18,21H,9-10,12,14,20H2,1-2H3. The summed E-state index contributed by atoms with van der Waals surface area (Å²) in [5, 5.41) is 3.45. The maximum atomic E-state index is 6.22. The maximum Gasteiger partial charge on any atom is 0.119 e. The van der Waals surface area contributed by atoms with Crippen molar-refractivity contribution in [3.63, 3.8) is 0 Å². The summed E-state index contributed by atoms with van der Waals surface area (Å²) in [5.41, 5.74) is 10.1. The fourth-order valence-corrected chi connectivity index (χ4v) is 2.55. The summed E-state index contributed by atoms with van der Waals surface area (Å²) in [6.45, 7) is 3.88. The van der Waals surface area contributed by atoms with Crippen LogP contribution in [0, 0.1) is 6.92 Å². The normalized spacial score (nSPS) is 12.1. The first-order valence-corrected chi connectivity index (χ1v) is 7.82. The van der Waals surface area contributed by atoms with Crippen LogP contribution in [0.2, 0.25) is 0 Å². The smallest absolute Gasteiger partial charge is 0.119 e. The van der Waals surface area contributed by atoms with Gasteiger partial charge in [0.2, 0.25) is 0 Å². The van der Waals surface area contributed by atoms with E-state index >= 15 is 0 Å². The van der Waals surface area contributed by atoms with Crippen LogP contribution in [-0.4, -0.2) is 19.7 Å². The van der Waals surface area contributed by atoms with Gasteiger partial charge in [0.1, 0.15) is 5.75 Å². The second-order valence-electron chi connectivity index (χ2n) is 5.77. The molecule has 2 aromatic rings. The van der Waals surface area contributed by atoms with Crippen LogP contribution >= 0.6 is 0 Å². The topological polar surface area (TPSA) is 47.3 Å². The highest BCUT2D eigenvalue weighted by molar-refractivity contribution is 5.28. The molecule has 0 saturated carbocycles. The Balaban J connectivity index is 1.69. The molecule has 3 heteroatoms. The maximum absolute atomic E-state index is 6.22. The van der Waals surface area contributed by atoms with Crippen LogP contribution in [0.15, 0.2) is 48.5 Å². The molecule has 1 atom stereocenters. The molecule has 3 N–H and O–H groups in total. The fraction of sp³-hybridized carbons (Fsp3) is 0.368. The summed E-state index contributed by atoms with van der Waals surface area (Å²) >= 11 is 0. The molecule has 0 aliphatic heterocycles. The highest BCUT2D eigenvalue weighted by Gasteiger charge is 2.04. The molecule has 0 saturated heterocycles. The minimum atomic E-state index is 0.194. The average Bonchev–Trinajstić information content (AvgIpc) is 2.52. The van der Waals surface area contributed by atoms with Crippen LogP contribution in [0.25, 0.3) is 0 Å². The highest BCUT2D eigenvalue weighted by atomic mass is 16.5. The zero-order valence-corrected chi connectivity index (χ0v) is 13.5. The Labute approximate surface area is 133 Å². The zero-order valence-electron chi connectivity index (χ0n) is 13.5. The van der Waals surface area contributed by atoms with Crippen LogP contribution in [0.5, 0.6) is 5.75 Å². The number of hydrogen-bond acceptors (Lipinski definition) is 3. The largest absolute Gasteiger partial charge is 0.497 e. The van der Waals surface area contributed by atoms with E-state index in [1.807, 2.05) is 12.1 Å². The van der Waals surface area contributed by atoms with Gasteiger partial charge < -0.3 is 15.8 Å². The molecule has 0 amide bonds. The Kier molecular flexibility index (Phi) is 6.44. The van der Waals surface area contributed by atoms with E-state index in [1.54, 1.807) is 7.11 Å². The van der Waals surface area contributed by atoms with Crippen LogP contribution in [0.3, 0.4) is 0 Å². The molecule has 0 bridgehead atoms. The predicted octanol–water partition coefficient (Wildman–Crippen LogP) is 3.05. The van der Waals surface area contributed by atoms with Crippen LogP contribution < -0.4 is 15.8 Å². The molecule has 0 aliphatic rings. The number of rotatable bonds is 8. The third-order valence-electron chi connectivity index (χ3n) is 3.74. The van der Waals surface area contributed by atoms with E-state index in [-0.39, 0.29) is 6.04 Å². The number of nitrogens with one attached hydrogen (secondary N) is 1. The zero-order chi connectivity index (χ0) is 15.8. The van der Waals surface area contributed by atoms with Crippen molar-refractivity contribution in [1.29, 1.82) is 0 Å². The Hall–Kier alpha value is -1.84. The van der Waals surface area contributed by atoms with Crippen molar-refractivity contribution < 1.29 is 4.74 Å². The monoisotopic (exact) mass is 298 g/mol. The van der Waals surface area contributed by atoms with Gasteiger partial charge in [-0.25, -0.2) is 0 Å². The molecule has 0 aliphatic carbocycles. The van der Waals surface area contributed by atoms with Gasteiger partial charge in [-0.3, -0.25) is 0 Å². The molecule has 0 radical (unpaired) electrons. The molecule has 0 aromatic heterocycles. The van der Waals surface area contributed by atoms with Crippen molar-refractivity contribution in [1.82, 2.24) is 5.32 Å². The minimum absolute atomic E-state index is 0.194. The molecular formula is C19H26N2O. The Morgan fingerprint density at radius 3 is 2.64 bits per heavy atom. The molecule has 22 heavy (non-hydrogen) atoms. The summed E-state index contributed by atoms with van der Waals surface area (Å²) in [6, 6.07) is 16.9. The fourth-order valence-electron chi connectivity index (χ4n) is 2.55. The van der Waals surface area contributed by atoms with Gasteiger partial charge in [-0.1, -0.05) is 42.0 Å². The lowest BCUT2D eigenvalue weighted by Crippen LogP contribution is -2.28. The first kappa shape index (κ1) is 16.5. The third-order valence-corrected chi connectivity index (χ3v) is 3.74. The SMILES string of the molecule is COc1cccc(CNCCC(N)Cc2cccc(C)c2)c1. The third kappa shape index (κ3) is 5.51. The van der Waals surface area contributed by atoms with Crippen molar-refractivity contribution in [2.75, 3.05) is 13.7 Å². The number of ether oxygens (including phenoxy) is 1. The van der Waals surface area contributed by atoms with Gasteiger partial charge in [0.05, 0.1) is 7.11 Å². The van der Waals surface area contributed by atoms with Gasteiger partial charge in [-0.15, -0.1) is 0 Å². The molecule has 0 heterocycles. The summed E-state index contributed by atoms with van der Waals surface area (Å²) in [5.74, 6) is 0.899. The molecule has 2 rings (SSSR count). The first-order valence-electron chi connectivity index (χ1n) is 7.82. The first-order chi connectivity index (χ1) is 10.7. The molecule has 0 fully saturated rings. The van der Waals surface area contributed by atoms with Gasteiger partial charge in [0.15, 0.2) is 0 Å². The number of nitrogens with two attached hydrogens (primary N) is 1. The minimum Gasteiger partial charge on any atom is -0.497 e. The quantitative estimate of drug-likeness (QED) is 0.736. The molecule has 2 aromatic carbocycles. The molecule has 1 unspecified atom stereocenters. The van der Waals surface area contributed by atoms with Crippen LogP contribution in [0.1, 0.15) is 23.1 Å². The van der Waals surface area contributed by atoms with E-state index < -0.39 is 0 Å². The lowest BCUT2D eigenvalue weighted by Gasteiger charge is -2.13. The van der Waals surface area contributed by atoms with Gasteiger partial charge in [0.25, 0.3) is 0 Å². The number of aryl methyl sites for hydroxylation is 1. The van der Waals surface area contributed by atoms with E-state index in [0.29, 0.717) is 0 Å². The van der Waals surface area contributed by atoms with Crippen molar-refractivity contribution in [2.24, 2.45) is 5.73 Å². The van der Waals surface area contributed by atoms with Crippen molar-refractivity contribution in [2.45, 2.75) is 32.4 Å². The van der Waals surface area contributed by atoms with Gasteiger partial charge in [-0.05, 0) is 49.6 Å². The summed E-state index contributed by atoms with van der Waals surface area (Å²) in [4.78, 5) is 0. The van der Waals surface area contributed by atoms with Crippen molar-refractivity contribution >= 4 is 0 Å². The van der Waals surface area contributed by atoms with Crippen molar-refractivity contribution in [3.8, 4) is 5.75 Å². The van der Waals surface area contributed by atoms with Gasteiger partial charge in [0, 0.05) is 12.6 Å². The van der Waals surface area contributed by atoms with E-state index in [9.17, 15) is 0 Å². The van der Waals surface area contributed by atoms with Crippen molar-refractivity contribution in [3.05, 3.63) is 65.2 Å². The molecule has 118 valence electrons. The van der Waals surface area contributed by atoms with E-state index in [4.69, 9.17) is 10.5 Å². The number of methoxy groups -OCH3 is 1. The Morgan fingerprint density at radius 2 is 1.86 bits per heavy atom. The van der Waals surface area contributed by atoms with Gasteiger partial charge in [-0.2, -0.15) is 0 Å². The summed E-state index contributed by atoms with van der Waals surface area (Å²) in [6.07, 6.45) is 1.90. The second-order valence-corrected chi connectivity index (χ2v) is 5.77. The number of hydrogen-bond donors (Lipinski definition) is 2. The van der Waals surface area contributed by atoms with Crippen LogP contribution in [-0.2, 0) is 13.0 Å². The summed E-state index contributed by atoms with van der Waals surface area (Å²) in [7, 11) is 1.69. The highest BCUT2D eigenvalue weighted by Crippen LogP contribution is 2.12. The number of benzene rings is 2. The predicted molar refractivity (Wildman–Crippen MR) is 92.2 cm³/mol.